The fourth-order valence-corrected chi connectivity index (χ4v) is 5.19. The number of thiophene rings is 1. The number of carboxylic acids is 1. The third-order valence-electron chi connectivity index (χ3n) is 5.49. The molecule has 1 fully saturated rings. The standard InChI is InChI=1S/C23H25NO3S/c1-2-27-20-11-5-3-10-18(20)22(24-13-7-8-16(14-24)23(25)26)19-15-28-21-12-6-4-9-17(19)21/h3-6,9-12,15-16,22H,2,7-8,13-14H2,1H3,(H,25,26). The van der Waals surface area contributed by atoms with Crippen molar-refractivity contribution in [2.24, 2.45) is 5.92 Å². The highest BCUT2D eigenvalue weighted by Crippen LogP contribution is 2.41. The van der Waals surface area contributed by atoms with Gasteiger partial charge in [0.1, 0.15) is 5.75 Å². The van der Waals surface area contributed by atoms with Gasteiger partial charge in [-0.15, -0.1) is 11.3 Å². The van der Waals surface area contributed by atoms with Crippen LogP contribution in [0.25, 0.3) is 10.1 Å². The number of carbonyl (C=O) groups is 1. The maximum Gasteiger partial charge on any atom is 0.307 e. The van der Waals surface area contributed by atoms with Crippen molar-refractivity contribution in [3.63, 3.8) is 0 Å². The number of hydrogen-bond acceptors (Lipinski definition) is 4. The second kappa shape index (κ2) is 8.33. The predicted octanol–water partition coefficient (Wildman–Crippen LogP) is 5.19. The summed E-state index contributed by atoms with van der Waals surface area (Å²) in [6.07, 6.45) is 1.64. The zero-order chi connectivity index (χ0) is 19.5. The Kier molecular flexibility index (Phi) is 5.64. The second-order valence-electron chi connectivity index (χ2n) is 7.23. The molecule has 5 heteroatoms. The van der Waals surface area contributed by atoms with Crippen LogP contribution in [0.1, 0.15) is 36.9 Å². The molecule has 2 atom stereocenters. The number of para-hydroxylation sites is 1. The summed E-state index contributed by atoms with van der Waals surface area (Å²) in [5, 5.41) is 13.1. The lowest BCUT2D eigenvalue weighted by atomic mass is 9.91. The van der Waals surface area contributed by atoms with Crippen LogP contribution in [0.15, 0.2) is 53.9 Å². The molecule has 1 saturated heterocycles. The van der Waals surface area contributed by atoms with E-state index in [0.717, 1.165) is 30.7 Å². The van der Waals surface area contributed by atoms with E-state index in [0.29, 0.717) is 13.2 Å². The molecule has 28 heavy (non-hydrogen) atoms. The molecular formula is C23H25NO3S. The largest absolute Gasteiger partial charge is 0.494 e. The molecule has 3 aromatic rings. The van der Waals surface area contributed by atoms with Gasteiger partial charge in [-0.1, -0.05) is 36.4 Å². The van der Waals surface area contributed by atoms with Crippen LogP contribution >= 0.6 is 11.3 Å². The Labute approximate surface area is 169 Å². The van der Waals surface area contributed by atoms with E-state index in [1.807, 2.05) is 25.1 Å². The molecular weight excluding hydrogens is 370 g/mol. The van der Waals surface area contributed by atoms with Crippen LogP contribution in [-0.2, 0) is 4.79 Å². The summed E-state index contributed by atoms with van der Waals surface area (Å²) >= 11 is 1.74. The average Bonchev–Trinajstić information content (AvgIpc) is 3.14. The third kappa shape index (κ3) is 3.64. The fourth-order valence-electron chi connectivity index (χ4n) is 4.21. The zero-order valence-electron chi connectivity index (χ0n) is 16.0. The first-order valence-corrected chi connectivity index (χ1v) is 10.7. The molecule has 2 aromatic carbocycles. The molecule has 0 amide bonds. The third-order valence-corrected chi connectivity index (χ3v) is 6.47. The second-order valence-corrected chi connectivity index (χ2v) is 8.14. The van der Waals surface area contributed by atoms with Crippen molar-refractivity contribution in [1.82, 2.24) is 4.90 Å². The first-order chi connectivity index (χ1) is 13.7. The maximum absolute atomic E-state index is 11.7. The van der Waals surface area contributed by atoms with Crippen LogP contribution < -0.4 is 4.74 Å². The van der Waals surface area contributed by atoms with Crippen LogP contribution in [0.5, 0.6) is 5.75 Å². The average molecular weight is 396 g/mol. The van der Waals surface area contributed by atoms with Crippen LogP contribution in [0.3, 0.4) is 0 Å². The summed E-state index contributed by atoms with van der Waals surface area (Å²) < 4.78 is 7.21. The molecule has 4 rings (SSSR count). The van der Waals surface area contributed by atoms with Gasteiger partial charge in [-0.05, 0) is 54.8 Å². The van der Waals surface area contributed by atoms with Gasteiger partial charge in [0.15, 0.2) is 0 Å². The van der Waals surface area contributed by atoms with E-state index in [1.54, 1.807) is 11.3 Å². The molecule has 1 aliphatic rings. The highest BCUT2D eigenvalue weighted by Gasteiger charge is 2.33. The Hall–Kier alpha value is -2.37. The molecule has 1 aliphatic heterocycles. The molecule has 0 saturated carbocycles. The highest BCUT2D eigenvalue weighted by molar-refractivity contribution is 7.17. The number of benzene rings is 2. The fraction of sp³-hybridized carbons (Fsp3) is 0.348. The summed E-state index contributed by atoms with van der Waals surface area (Å²) in [6, 6.07) is 16.6. The SMILES string of the molecule is CCOc1ccccc1C(c1csc2ccccc12)N1CCCC(C(=O)O)C1. The van der Waals surface area contributed by atoms with E-state index in [2.05, 4.69) is 40.6 Å². The summed E-state index contributed by atoms with van der Waals surface area (Å²) in [4.78, 5) is 14.0. The Morgan fingerprint density at radius 2 is 2.00 bits per heavy atom. The summed E-state index contributed by atoms with van der Waals surface area (Å²) in [7, 11) is 0. The van der Waals surface area contributed by atoms with Gasteiger partial charge in [0.2, 0.25) is 0 Å². The van der Waals surface area contributed by atoms with Gasteiger partial charge in [-0.25, -0.2) is 0 Å². The number of ether oxygens (including phenoxy) is 1. The van der Waals surface area contributed by atoms with E-state index in [4.69, 9.17) is 4.74 Å². The number of likely N-dealkylation sites (tertiary alicyclic amines) is 1. The van der Waals surface area contributed by atoms with E-state index >= 15 is 0 Å². The van der Waals surface area contributed by atoms with E-state index in [-0.39, 0.29) is 12.0 Å². The molecule has 0 radical (unpaired) electrons. The number of rotatable bonds is 6. The molecule has 0 bridgehead atoms. The Morgan fingerprint density at radius 1 is 1.21 bits per heavy atom. The number of hydrogen-bond donors (Lipinski definition) is 1. The number of fused-ring (bicyclic) bond motifs is 1. The van der Waals surface area contributed by atoms with Crippen molar-refractivity contribution in [1.29, 1.82) is 0 Å². The quantitative estimate of drug-likeness (QED) is 0.624. The zero-order valence-corrected chi connectivity index (χ0v) is 16.8. The Morgan fingerprint density at radius 3 is 2.82 bits per heavy atom. The molecule has 0 spiro atoms. The molecule has 1 aromatic heterocycles. The Bertz CT molecular complexity index is 967. The first-order valence-electron chi connectivity index (χ1n) is 9.83. The highest BCUT2D eigenvalue weighted by atomic mass is 32.1. The number of carboxylic acid groups (broad SMARTS) is 1. The molecule has 2 unspecified atom stereocenters. The van der Waals surface area contributed by atoms with Gasteiger partial charge in [0, 0.05) is 16.8 Å². The van der Waals surface area contributed by atoms with Crippen LogP contribution in [0, 0.1) is 5.92 Å². The number of piperidine rings is 1. The van der Waals surface area contributed by atoms with Crippen molar-refractivity contribution in [2.45, 2.75) is 25.8 Å². The van der Waals surface area contributed by atoms with Gasteiger partial charge in [0.05, 0.1) is 18.6 Å². The van der Waals surface area contributed by atoms with Crippen molar-refractivity contribution >= 4 is 27.4 Å². The smallest absolute Gasteiger partial charge is 0.307 e. The number of nitrogens with zero attached hydrogens (tertiary/aromatic N) is 1. The minimum absolute atomic E-state index is 0.0129. The molecule has 0 aliphatic carbocycles. The van der Waals surface area contributed by atoms with Crippen molar-refractivity contribution < 1.29 is 14.6 Å². The van der Waals surface area contributed by atoms with Gasteiger partial charge < -0.3 is 9.84 Å². The van der Waals surface area contributed by atoms with Crippen molar-refractivity contribution in [3.05, 3.63) is 65.0 Å². The Balaban J connectivity index is 1.83. The van der Waals surface area contributed by atoms with E-state index < -0.39 is 5.97 Å². The number of aliphatic carboxylic acids is 1. The van der Waals surface area contributed by atoms with E-state index in [1.165, 1.54) is 15.6 Å². The molecule has 146 valence electrons. The van der Waals surface area contributed by atoms with Crippen molar-refractivity contribution in [3.8, 4) is 5.75 Å². The molecule has 1 N–H and O–H groups in total. The lowest BCUT2D eigenvalue weighted by molar-refractivity contribution is -0.143. The summed E-state index contributed by atoms with van der Waals surface area (Å²) in [5.41, 5.74) is 2.35. The van der Waals surface area contributed by atoms with Crippen LogP contribution in [0.4, 0.5) is 0 Å². The maximum atomic E-state index is 11.7. The topological polar surface area (TPSA) is 49.8 Å². The first kappa shape index (κ1) is 19.0. The van der Waals surface area contributed by atoms with Gasteiger partial charge in [-0.3, -0.25) is 9.69 Å². The molecule has 2 heterocycles. The lowest BCUT2D eigenvalue weighted by Crippen LogP contribution is -2.41. The molecule has 4 nitrogen and oxygen atoms in total. The predicted molar refractivity (Wildman–Crippen MR) is 113 cm³/mol. The monoisotopic (exact) mass is 395 g/mol. The summed E-state index contributed by atoms with van der Waals surface area (Å²) in [5.74, 6) is -0.139. The van der Waals surface area contributed by atoms with Crippen LogP contribution in [-0.4, -0.2) is 35.7 Å². The lowest BCUT2D eigenvalue weighted by Gasteiger charge is -2.38. The minimum atomic E-state index is -0.697. The van der Waals surface area contributed by atoms with Crippen molar-refractivity contribution in [2.75, 3.05) is 19.7 Å². The van der Waals surface area contributed by atoms with Gasteiger partial charge in [0.25, 0.3) is 0 Å². The van der Waals surface area contributed by atoms with Gasteiger partial charge >= 0.3 is 5.97 Å². The van der Waals surface area contributed by atoms with Crippen LogP contribution in [0.2, 0.25) is 0 Å². The van der Waals surface area contributed by atoms with E-state index in [9.17, 15) is 9.90 Å². The minimum Gasteiger partial charge on any atom is -0.494 e. The normalized spacial score (nSPS) is 18.8. The summed E-state index contributed by atoms with van der Waals surface area (Å²) in [6.45, 7) is 4.04. The van der Waals surface area contributed by atoms with Gasteiger partial charge in [-0.2, -0.15) is 0 Å².